The second-order valence-electron chi connectivity index (χ2n) is 6.13. The molecule has 1 atom stereocenters. The molecule has 152 valence electrons. The molecule has 29 heavy (non-hydrogen) atoms. The summed E-state index contributed by atoms with van der Waals surface area (Å²) in [6, 6.07) is 14.4. The fourth-order valence-corrected chi connectivity index (χ4v) is 3.27. The SMILES string of the molecule is CCc1ccc(NC(=O)[C@@H](C)OC(=O)CNS(=O)(=O)c2ccc(C#N)cc2)cc1. The minimum atomic E-state index is -3.95. The number of rotatable bonds is 8. The van der Waals surface area contributed by atoms with Gasteiger partial charge in [0.05, 0.1) is 16.5 Å². The van der Waals surface area contributed by atoms with Crippen LogP contribution >= 0.6 is 0 Å². The van der Waals surface area contributed by atoms with Gasteiger partial charge in [0, 0.05) is 5.69 Å². The van der Waals surface area contributed by atoms with Crippen molar-refractivity contribution in [2.45, 2.75) is 31.3 Å². The van der Waals surface area contributed by atoms with Gasteiger partial charge in [-0.25, -0.2) is 8.42 Å². The van der Waals surface area contributed by atoms with E-state index in [-0.39, 0.29) is 4.90 Å². The summed E-state index contributed by atoms with van der Waals surface area (Å²) in [5.74, 6) is -1.43. The highest BCUT2D eigenvalue weighted by Crippen LogP contribution is 2.12. The minimum Gasteiger partial charge on any atom is -0.452 e. The van der Waals surface area contributed by atoms with Gasteiger partial charge in [-0.1, -0.05) is 19.1 Å². The van der Waals surface area contributed by atoms with E-state index < -0.39 is 34.5 Å². The molecule has 0 aromatic heterocycles. The van der Waals surface area contributed by atoms with Crippen molar-refractivity contribution in [3.63, 3.8) is 0 Å². The first kappa shape index (κ1) is 22.1. The Morgan fingerprint density at radius 3 is 2.28 bits per heavy atom. The van der Waals surface area contributed by atoms with Gasteiger partial charge in [-0.2, -0.15) is 9.98 Å². The molecule has 8 nitrogen and oxygen atoms in total. The second kappa shape index (κ2) is 9.82. The molecule has 0 saturated heterocycles. The summed E-state index contributed by atoms with van der Waals surface area (Å²) in [7, 11) is -3.95. The fourth-order valence-electron chi connectivity index (χ4n) is 2.31. The largest absolute Gasteiger partial charge is 0.452 e. The summed E-state index contributed by atoms with van der Waals surface area (Å²) in [5.41, 5.74) is 2.00. The molecule has 0 aliphatic heterocycles. The predicted octanol–water partition coefficient (Wildman–Crippen LogP) is 1.97. The number of esters is 1. The van der Waals surface area contributed by atoms with Crippen molar-refractivity contribution >= 4 is 27.6 Å². The Balaban J connectivity index is 1.86. The van der Waals surface area contributed by atoms with Crippen molar-refractivity contribution in [2.24, 2.45) is 0 Å². The van der Waals surface area contributed by atoms with Crippen LogP contribution in [0.3, 0.4) is 0 Å². The highest BCUT2D eigenvalue weighted by Gasteiger charge is 2.20. The van der Waals surface area contributed by atoms with E-state index in [9.17, 15) is 18.0 Å². The van der Waals surface area contributed by atoms with Crippen LogP contribution in [0.5, 0.6) is 0 Å². The average molecular weight is 415 g/mol. The van der Waals surface area contributed by atoms with Crippen LogP contribution in [-0.4, -0.2) is 32.9 Å². The Labute approximate surface area is 169 Å². The topological polar surface area (TPSA) is 125 Å². The maximum atomic E-state index is 12.2. The molecule has 0 aliphatic rings. The number of benzene rings is 2. The number of nitrogens with zero attached hydrogens (tertiary/aromatic N) is 1. The van der Waals surface area contributed by atoms with E-state index in [4.69, 9.17) is 10.00 Å². The van der Waals surface area contributed by atoms with Gasteiger partial charge in [-0.3, -0.25) is 9.59 Å². The van der Waals surface area contributed by atoms with E-state index in [2.05, 4.69) is 10.0 Å². The van der Waals surface area contributed by atoms with Crippen LogP contribution < -0.4 is 10.0 Å². The molecule has 0 heterocycles. The number of nitriles is 1. The van der Waals surface area contributed by atoms with Crippen molar-refractivity contribution < 1.29 is 22.7 Å². The van der Waals surface area contributed by atoms with Gasteiger partial charge in [0.1, 0.15) is 6.54 Å². The lowest BCUT2D eigenvalue weighted by molar-refractivity contribution is -0.151. The highest BCUT2D eigenvalue weighted by atomic mass is 32.2. The maximum absolute atomic E-state index is 12.2. The zero-order valence-electron chi connectivity index (χ0n) is 16.0. The third-order valence-electron chi connectivity index (χ3n) is 4.01. The van der Waals surface area contributed by atoms with Crippen LogP contribution in [-0.2, 0) is 30.8 Å². The molecule has 0 fully saturated rings. The first-order valence-electron chi connectivity index (χ1n) is 8.84. The summed E-state index contributed by atoms with van der Waals surface area (Å²) in [5, 5.41) is 11.4. The number of carbonyl (C=O) groups excluding carboxylic acids is 2. The predicted molar refractivity (Wildman–Crippen MR) is 106 cm³/mol. The number of nitrogens with one attached hydrogen (secondary N) is 2. The van der Waals surface area contributed by atoms with E-state index >= 15 is 0 Å². The Morgan fingerprint density at radius 1 is 1.10 bits per heavy atom. The Hall–Kier alpha value is -3.22. The van der Waals surface area contributed by atoms with Crippen LogP contribution in [0.15, 0.2) is 53.4 Å². The Morgan fingerprint density at radius 2 is 1.72 bits per heavy atom. The standard InChI is InChI=1S/C20H21N3O5S/c1-3-15-4-8-17(9-5-15)23-20(25)14(2)28-19(24)13-22-29(26,27)18-10-6-16(12-21)7-11-18/h4-11,14,22H,3,13H2,1-2H3,(H,23,25)/t14-/m1/s1. The fraction of sp³-hybridized carbons (Fsp3) is 0.250. The number of carbonyl (C=O) groups is 2. The second-order valence-corrected chi connectivity index (χ2v) is 7.90. The quantitative estimate of drug-likeness (QED) is 0.635. The zero-order chi connectivity index (χ0) is 21.4. The molecule has 2 N–H and O–H groups in total. The molecule has 0 spiro atoms. The van der Waals surface area contributed by atoms with Crippen molar-refractivity contribution in [1.29, 1.82) is 5.26 Å². The molecule has 0 bridgehead atoms. The highest BCUT2D eigenvalue weighted by molar-refractivity contribution is 7.89. The molecule has 0 unspecified atom stereocenters. The van der Waals surface area contributed by atoms with Gasteiger partial charge in [-0.05, 0) is 55.3 Å². The molecule has 0 radical (unpaired) electrons. The summed E-state index contributed by atoms with van der Waals surface area (Å²) in [6.07, 6.45) is -0.228. The number of hydrogen-bond acceptors (Lipinski definition) is 6. The van der Waals surface area contributed by atoms with E-state index in [1.54, 1.807) is 12.1 Å². The lowest BCUT2D eigenvalue weighted by Gasteiger charge is -2.14. The monoisotopic (exact) mass is 415 g/mol. The van der Waals surface area contributed by atoms with Gasteiger partial charge in [0.25, 0.3) is 5.91 Å². The van der Waals surface area contributed by atoms with Gasteiger partial charge >= 0.3 is 5.97 Å². The summed E-state index contributed by atoms with van der Waals surface area (Å²) in [4.78, 5) is 23.9. The van der Waals surface area contributed by atoms with E-state index in [0.29, 0.717) is 11.3 Å². The van der Waals surface area contributed by atoms with Gasteiger partial charge in [0.2, 0.25) is 10.0 Å². The number of sulfonamides is 1. The number of aryl methyl sites for hydroxylation is 1. The lowest BCUT2D eigenvalue weighted by atomic mass is 10.1. The average Bonchev–Trinajstić information content (AvgIpc) is 2.73. The Bertz CT molecular complexity index is 1010. The molecule has 0 aliphatic carbocycles. The number of ether oxygens (including phenoxy) is 1. The maximum Gasteiger partial charge on any atom is 0.321 e. The van der Waals surface area contributed by atoms with Crippen LogP contribution in [0.2, 0.25) is 0 Å². The lowest BCUT2D eigenvalue weighted by Crippen LogP contribution is -2.35. The van der Waals surface area contributed by atoms with Crippen LogP contribution in [0.1, 0.15) is 25.0 Å². The molecule has 1 amide bonds. The Kier molecular flexibility index (Phi) is 7.47. The van der Waals surface area contributed by atoms with Gasteiger partial charge in [-0.15, -0.1) is 0 Å². The van der Waals surface area contributed by atoms with Gasteiger partial charge in [0.15, 0.2) is 6.10 Å². The summed E-state index contributed by atoms with van der Waals surface area (Å²) in [6.45, 7) is 2.78. The number of anilines is 1. The molecule has 9 heteroatoms. The molecular formula is C20H21N3O5S. The molecule has 0 saturated carbocycles. The molecule has 2 aromatic carbocycles. The van der Waals surface area contributed by atoms with Crippen molar-refractivity contribution in [2.75, 3.05) is 11.9 Å². The third kappa shape index (κ3) is 6.41. The number of amides is 1. The third-order valence-corrected chi connectivity index (χ3v) is 5.42. The zero-order valence-corrected chi connectivity index (χ0v) is 16.8. The van der Waals surface area contributed by atoms with Crippen molar-refractivity contribution in [3.8, 4) is 6.07 Å². The van der Waals surface area contributed by atoms with Crippen LogP contribution in [0.4, 0.5) is 5.69 Å². The first-order valence-corrected chi connectivity index (χ1v) is 10.3. The molecule has 2 rings (SSSR count). The smallest absolute Gasteiger partial charge is 0.321 e. The summed E-state index contributed by atoms with van der Waals surface area (Å²) < 4.78 is 31.4. The molecule has 2 aromatic rings. The van der Waals surface area contributed by atoms with Crippen molar-refractivity contribution in [1.82, 2.24) is 4.72 Å². The van der Waals surface area contributed by atoms with Crippen LogP contribution in [0, 0.1) is 11.3 Å². The normalized spacial score (nSPS) is 11.9. The van der Waals surface area contributed by atoms with E-state index in [1.165, 1.54) is 31.2 Å². The summed E-state index contributed by atoms with van der Waals surface area (Å²) >= 11 is 0. The van der Waals surface area contributed by atoms with Gasteiger partial charge < -0.3 is 10.1 Å². The van der Waals surface area contributed by atoms with E-state index in [0.717, 1.165) is 12.0 Å². The minimum absolute atomic E-state index is 0.0920. The van der Waals surface area contributed by atoms with Crippen LogP contribution in [0.25, 0.3) is 0 Å². The van der Waals surface area contributed by atoms with E-state index in [1.807, 2.05) is 25.1 Å². The number of hydrogen-bond donors (Lipinski definition) is 2. The molecular weight excluding hydrogens is 394 g/mol. The first-order chi connectivity index (χ1) is 13.7. The van der Waals surface area contributed by atoms with Crippen molar-refractivity contribution in [3.05, 3.63) is 59.7 Å².